The van der Waals surface area contributed by atoms with Crippen LogP contribution in [0.4, 0.5) is 0 Å². The van der Waals surface area contributed by atoms with Crippen molar-refractivity contribution in [2.24, 2.45) is 5.73 Å². The van der Waals surface area contributed by atoms with Crippen LogP contribution < -0.4 is 5.73 Å². The monoisotopic (exact) mass is 327 g/mol. The summed E-state index contributed by atoms with van der Waals surface area (Å²) in [5.41, 5.74) is 8.74. The number of H-pyrrole nitrogens is 1. The number of aromatic nitrogens is 2. The largest absolute Gasteiger partial charge is 0.327 e. The second-order valence-corrected chi connectivity index (χ2v) is 5.60. The summed E-state index contributed by atoms with van der Waals surface area (Å²) < 4.78 is 0.958. The third-order valence-electron chi connectivity index (χ3n) is 2.84. The minimum absolute atomic E-state index is 0.165. The molecule has 1 atom stereocenters. The van der Waals surface area contributed by atoms with Crippen LogP contribution in [0.25, 0.3) is 11.3 Å². The molecule has 2 aromatic rings. The molecule has 0 fully saturated rings. The summed E-state index contributed by atoms with van der Waals surface area (Å²) in [5.74, 6) is 0. The fourth-order valence-corrected chi connectivity index (χ4v) is 2.50. The molecule has 2 rings (SSSR count). The van der Waals surface area contributed by atoms with Crippen LogP contribution in [0, 0.1) is 0 Å². The second-order valence-electron chi connectivity index (χ2n) is 4.28. The third kappa shape index (κ3) is 3.13. The van der Waals surface area contributed by atoms with Gasteiger partial charge in [0.25, 0.3) is 0 Å². The Labute approximate surface area is 120 Å². The lowest BCUT2D eigenvalue weighted by atomic mass is 10.1. The molecule has 0 aliphatic heterocycles. The van der Waals surface area contributed by atoms with E-state index >= 15 is 0 Å². The van der Waals surface area contributed by atoms with Gasteiger partial charge in [0, 0.05) is 28.2 Å². The Hall–Kier alpha value is -0.840. The van der Waals surface area contributed by atoms with Crippen molar-refractivity contribution >= 4 is 27.5 Å². The first-order valence-corrected chi connectivity index (χ1v) is 7.02. The zero-order valence-corrected chi connectivity index (χ0v) is 12.4. The van der Waals surface area contributed by atoms with Crippen molar-refractivity contribution in [3.63, 3.8) is 0 Å². The highest BCUT2D eigenvalue weighted by molar-refractivity contribution is 9.10. The molecule has 0 saturated carbocycles. The molecule has 1 heterocycles. The van der Waals surface area contributed by atoms with Gasteiger partial charge < -0.3 is 5.73 Å². The van der Waals surface area contributed by atoms with E-state index in [-0.39, 0.29) is 6.04 Å². The maximum absolute atomic E-state index is 6.20. The van der Waals surface area contributed by atoms with E-state index in [4.69, 9.17) is 17.3 Å². The molecule has 1 aromatic heterocycles. The van der Waals surface area contributed by atoms with Crippen molar-refractivity contribution in [3.8, 4) is 11.3 Å². The van der Waals surface area contributed by atoms with E-state index in [2.05, 4.69) is 33.1 Å². The van der Waals surface area contributed by atoms with E-state index in [1.165, 1.54) is 0 Å². The van der Waals surface area contributed by atoms with Crippen LogP contribution in [0.5, 0.6) is 0 Å². The van der Waals surface area contributed by atoms with E-state index in [1.54, 1.807) is 0 Å². The van der Waals surface area contributed by atoms with Gasteiger partial charge in [-0.15, -0.1) is 0 Å². The molecule has 0 aliphatic carbocycles. The standard InChI is InChI=1S/C13H15BrClN3/c1-2-9(16)6-10-7-13(18-17-10)11-4-3-8(14)5-12(11)15/h3-5,7,9H,2,6,16H2,1H3,(H,17,18). The van der Waals surface area contributed by atoms with Crippen molar-refractivity contribution in [1.82, 2.24) is 10.2 Å². The molecule has 0 bridgehead atoms. The van der Waals surface area contributed by atoms with E-state index in [0.717, 1.165) is 34.3 Å². The van der Waals surface area contributed by atoms with E-state index in [1.807, 2.05) is 24.3 Å². The van der Waals surface area contributed by atoms with Gasteiger partial charge in [-0.05, 0) is 24.6 Å². The highest BCUT2D eigenvalue weighted by atomic mass is 79.9. The molecular formula is C13H15BrClN3. The van der Waals surface area contributed by atoms with Gasteiger partial charge in [0.2, 0.25) is 0 Å². The predicted octanol–water partition coefficient (Wildman–Crippen LogP) is 3.77. The Morgan fingerprint density at radius 3 is 2.89 bits per heavy atom. The van der Waals surface area contributed by atoms with E-state index in [9.17, 15) is 0 Å². The Morgan fingerprint density at radius 2 is 2.22 bits per heavy atom. The molecule has 1 aromatic carbocycles. The number of aromatic amines is 1. The molecule has 3 nitrogen and oxygen atoms in total. The van der Waals surface area contributed by atoms with Gasteiger partial charge >= 0.3 is 0 Å². The van der Waals surface area contributed by atoms with Crippen LogP contribution in [0.2, 0.25) is 5.02 Å². The summed E-state index contributed by atoms with van der Waals surface area (Å²) in [4.78, 5) is 0. The van der Waals surface area contributed by atoms with Crippen LogP contribution in [0.15, 0.2) is 28.7 Å². The normalized spacial score (nSPS) is 12.7. The Kier molecular flexibility index (Phi) is 4.43. The zero-order valence-electron chi connectivity index (χ0n) is 10.1. The minimum Gasteiger partial charge on any atom is -0.327 e. The summed E-state index contributed by atoms with van der Waals surface area (Å²) in [7, 11) is 0. The molecule has 18 heavy (non-hydrogen) atoms. The average Bonchev–Trinajstić information content (AvgIpc) is 2.77. The molecule has 3 N–H and O–H groups in total. The number of nitrogens with two attached hydrogens (primary N) is 1. The smallest absolute Gasteiger partial charge is 0.0938 e. The fraction of sp³-hybridized carbons (Fsp3) is 0.308. The highest BCUT2D eigenvalue weighted by Gasteiger charge is 2.10. The lowest BCUT2D eigenvalue weighted by Gasteiger charge is -2.04. The zero-order chi connectivity index (χ0) is 13.1. The molecule has 96 valence electrons. The topological polar surface area (TPSA) is 54.7 Å². The quantitative estimate of drug-likeness (QED) is 0.897. The van der Waals surface area contributed by atoms with Crippen LogP contribution >= 0.6 is 27.5 Å². The van der Waals surface area contributed by atoms with Gasteiger partial charge in [-0.3, -0.25) is 5.10 Å². The summed E-state index contributed by atoms with van der Waals surface area (Å²) >= 11 is 9.58. The van der Waals surface area contributed by atoms with Crippen LogP contribution in [-0.2, 0) is 6.42 Å². The lowest BCUT2D eigenvalue weighted by molar-refractivity contribution is 0.635. The van der Waals surface area contributed by atoms with Crippen molar-refractivity contribution in [2.45, 2.75) is 25.8 Å². The third-order valence-corrected chi connectivity index (χ3v) is 3.65. The molecule has 0 saturated heterocycles. The summed E-state index contributed by atoms with van der Waals surface area (Å²) in [6.45, 7) is 2.08. The van der Waals surface area contributed by atoms with Gasteiger partial charge in [0.15, 0.2) is 0 Å². The first-order chi connectivity index (χ1) is 8.60. The SMILES string of the molecule is CCC(N)Cc1cc(-c2ccc(Br)cc2Cl)n[nH]1. The van der Waals surface area contributed by atoms with Crippen molar-refractivity contribution in [1.29, 1.82) is 0 Å². The van der Waals surface area contributed by atoms with Crippen LogP contribution in [-0.4, -0.2) is 16.2 Å². The van der Waals surface area contributed by atoms with E-state index in [0.29, 0.717) is 5.02 Å². The van der Waals surface area contributed by atoms with Gasteiger partial charge in [-0.2, -0.15) is 5.10 Å². The number of halogens is 2. The second kappa shape index (κ2) is 5.87. The highest BCUT2D eigenvalue weighted by Crippen LogP contribution is 2.29. The number of benzene rings is 1. The van der Waals surface area contributed by atoms with Crippen molar-refractivity contribution < 1.29 is 0 Å². The number of rotatable bonds is 4. The number of nitrogens with zero attached hydrogens (tertiary/aromatic N) is 1. The average molecular weight is 329 g/mol. The van der Waals surface area contributed by atoms with Crippen LogP contribution in [0.1, 0.15) is 19.0 Å². The van der Waals surface area contributed by atoms with Crippen LogP contribution in [0.3, 0.4) is 0 Å². The molecule has 0 spiro atoms. The Balaban J connectivity index is 2.24. The Bertz CT molecular complexity index is 539. The molecular weight excluding hydrogens is 314 g/mol. The van der Waals surface area contributed by atoms with Gasteiger partial charge in [0.05, 0.1) is 10.7 Å². The van der Waals surface area contributed by atoms with Crippen molar-refractivity contribution in [2.75, 3.05) is 0 Å². The number of hydrogen-bond acceptors (Lipinski definition) is 2. The molecule has 1 unspecified atom stereocenters. The van der Waals surface area contributed by atoms with Gasteiger partial charge in [0.1, 0.15) is 0 Å². The molecule has 0 aliphatic rings. The first-order valence-electron chi connectivity index (χ1n) is 5.85. The molecule has 0 radical (unpaired) electrons. The predicted molar refractivity (Wildman–Crippen MR) is 78.7 cm³/mol. The first kappa shape index (κ1) is 13.6. The minimum atomic E-state index is 0.165. The fourth-order valence-electron chi connectivity index (χ4n) is 1.73. The molecule has 0 amide bonds. The maximum Gasteiger partial charge on any atom is 0.0938 e. The summed E-state index contributed by atoms with van der Waals surface area (Å²) in [5, 5.41) is 7.98. The summed E-state index contributed by atoms with van der Waals surface area (Å²) in [6.07, 6.45) is 1.76. The molecule has 5 heteroatoms. The van der Waals surface area contributed by atoms with Gasteiger partial charge in [-0.1, -0.05) is 40.5 Å². The van der Waals surface area contributed by atoms with E-state index < -0.39 is 0 Å². The van der Waals surface area contributed by atoms with Gasteiger partial charge in [-0.25, -0.2) is 0 Å². The maximum atomic E-state index is 6.20. The number of hydrogen-bond donors (Lipinski definition) is 2. The Morgan fingerprint density at radius 1 is 1.44 bits per heavy atom. The van der Waals surface area contributed by atoms with Crippen molar-refractivity contribution in [3.05, 3.63) is 39.5 Å². The lowest BCUT2D eigenvalue weighted by Crippen LogP contribution is -2.21. The number of nitrogens with one attached hydrogen (secondary N) is 1. The summed E-state index contributed by atoms with van der Waals surface area (Å²) in [6, 6.07) is 7.94.